The van der Waals surface area contributed by atoms with E-state index in [1.54, 1.807) is 31.2 Å². The highest BCUT2D eigenvalue weighted by molar-refractivity contribution is 6.07. The van der Waals surface area contributed by atoms with Crippen LogP contribution in [0.5, 0.6) is 0 Å². The maximum atomic E-state index is 12.6. The second kappa shape index (κ2) is 9.98. The number of benzene rings is 2. The number of hydrogen-bond acceptors (Lipinski definition) is 4. The van der Waals surface area contributed by atoms with Crippen LogP contribution in [-0.4, -0.2) is 30.9 Å². The molecule has 2 rings (SSSR count). The summed E-state index contributed by atoms with van der Waals surface area (Å²) in [5.41, 5.74) is 1.46. The number of esters is 1. The van der Waals surface area contributed by atoms with Crippen LogP contribution in [0.2, 0.25) is 0 Å². The second-order valence-electron chi connectivity index (χ2n) is 5.62. The zero-order chi connectivity index (χ0) is 18.8. The van der Waals surface area contributed by atoms with E-state index in [1.807, 2.05) is 36.4 Å². The normalized spacial score (nSPS) is 11.3. The molecule has 0 fully saturated rings. The first-order valence-corrected chi connectivity index (χ1v) is 8.43. The number of hydrogen-bond donors (Lipinski definition) is 2. The van der Waals surface area contributed by atoms with E-state index in [0.717, 1.165) is 5.56 Å². The van der Waals surface area contributed by atoms with Gasteiger partial charge in [-0.05, 0) is 31.0 Å². The lowest BCUT2D eigenvalue weighted by Gasteiger charge is -2.17. The molecule has 26 heavy (non-hydrogen) atoms. The van der Waals surface area contributed by atoms with Gasteiger partial charge in [0.2, 0.25) is 11.8 Å². The number of rotatable bonds is 8. The van der Waals surface area contributed by atoms with E-state index in [0.29, 0.717) is 5.69 Å². The third-order valence-electron chi connectivity index (χ3n) is 3.67. The van der Waals surface area contributed by atoms with Gasteiger partial charge >= 0.3 is 5.97 Å². The lowest BCUT2D eigenvalue weighted by molar-refractivity contribution is -0.144. The molecule has 0 aliphatic carbocycles. The molecule has 0 aliphatic heterocycles. The van der Waals surface area contributed by atoms with Gasteiger partial charge in [0.25, 0.3) is 0 Å². The summed E-state index contributed by atoms with van der Waals surface area (Å²) < 4.78 is 4.79. The maximum absolute atomic E-state index is 12.6. The summed E-state index contributed by atoms with van der Waals surface area (Å²) in [5.74, 6) is -2.45. The highest BCUT2D eigenvalue weighted by Crippen LogP contribution is 2.13. The van der Waals surface area contributed by atoms with E-state index >= 15 is 0 Å². The van der Waals surface area contributed by atoms with Crippen LogP contribution >= 0.6 is 0 Å². The molecular weight excluding hydrogens is 332 g/mol. The Bertz CT molecular complexity index is 732. The van der Waals surface area contributed by atoms with Gasteiger partial charge in [-0.3, -0.25) is 14.4 Å². The molecular formula is C20H22N2O4. The summed E-state index contributed by atoms with van der Waals surface area (Å²) >= 11 is 0. The van der Waals surface area contributed by atoms with Crippen LogP contribution in [0.1, 0.15) is 12.5 Å². The molecule has 0 saturated carbocycles. The Hall–Kier alpha value is -3.15. The molecule has 0 aromatic heterocycles. The third-order valence-corrected chi connectivity index (χ3v) is 3.67. The number of carbonyl (C=O) groups is 3. The van der Waals surface area contributed by atoms with E-state index < -0.39 is 23.7 Å². The summed E-state index contributed by atoms with van der Waals surface area (Å²) in [5, 5.41) is 5.22. The lowest BCUT2D eigenvalue weighted by atomic mass is 9.97. The molecule has 0 heterocycles. The Morgan fingerprint density at radius 3 is 2.15 bits per heavy atom. The molecule has 1 atom stereocenters. The number of carbonyl (C=O) groups excluding carboxylic acids is 3. The first kappa shape index (κ1) is 19.2. The van der Waals surface area contributed by atoms with Gasteiger partial charge in [-0.2, -0.15) is 0 Å². The van der Waals surface area contributed by atoms with Crippen molar-refractivity contribution in [2.45, 2.75) is 13.3 Å². The van der Waals surface area contributed by atoms with Crippen molar-refractivity contribution < 1.29 is 19.1 Å². The predicted molar refractivity (Wildman–Crippen MR) is 98.4 cm³/mol. The standard InChI is InChI=1S/C20H22N2O4/c1-2-26-18(23)14-21-19(24)17(13-15-9-5-3-6-10-15)20(25)22-16-11-7-4-8-12-16/h3-12,17H,2,13-14H2,1H3,(H,21,24)(H,22,25). The van der Waals surface area contributed by atoms with Crippen LogP contribution < -0.4 is 10.6 Å². The summed E-state index contributed by atoms with van der Waals surface area (Å²) in [6.45, 7) is 1.65. The zero-order valence-corrected chi connectivity index (χ0v) is 14.6. The largest absolute Gasteiger partial charge is 0.465 e. The highest BCUT2D eigenvalue weighted by Gasteiger charge is 2.27. The Morgan fingerprint density at radius 2 is 1.54 bits per heavy atom. The highest BCUT2D eigenvalue weighted by atomic mass is 16.5. The fourth-order valence-electron chi connectivity index (χ4n) is 2.40. The monoisotopic (exact) mass is 354 g/mol. The van der Waals surface area contributed by atoms with Crippen LogP contribution in [0.4, 0.5) is 5.69 Å². The SMILES string of the molecule is CCOC(=O)CNC(=O)C(Cc1ccccc1)C(=O)Nc1ccccc1. The fraction of sp³-hybridized carbons (Fsp3) is 0.250. The van der Waals surface area contributed by atoms with Crippen LogP contribution in [0.3, 0.4) is 0 Å². The van der Waals surface area contributed by atoms with Crippen molar-refractivity contribution in [3.63, 3.8) is 0 Å². The van der Waals surface area contributed by atoms with Gasteiger partial charge in [0.1, 0.15) is 12.5 Å². The average Bonchev–Trinajstić information content (AvgIpc) is 2.66. The number of ether oxygens (including phenoxy) is 1. The number of anilines is 1. The van der Waals surface area contributed by atoms with Gasteiger partial charge in [-0.1, -0.05) is 48.5 Å². The van der Waals surface area contributed by atoms with Gasteiger partial charge in [0.05, 0.1) is 6.61 Å². The van der Waals surface area contributed by atoms with Crippen molar-refractivity contribution in [1.29, 1.82) is 0 Å². The zero-order valence-electron chi connectivity index (χ0n) is 14.6. The summed E-state index contributed by atoms with van der Waals surface area (Å²) in [6.07, 6.45) is 0.230. The third kappa shape index (κ3) is 6.05. The molecule has 2 aromatic rings. The summed E-state index contributed by atoms with van der Waals surface area (Å²) in [4.78, 5) is 36.6. The Kier molecular flexibility index (Phi) is 7.36. The molecule has 6 heteroatoms. The second-order valence-corrected chi connectivity index (χ2v) is 5.62. The van der Waals surface area contributed by atoms with E-state index in [4.69, 9.17) is 4.74 Å². The van der Waals surface area contributed by atoms with Crippen molar-refractivity contribution in [1.82, 2.24) is 5.32 Å². The topological polar surface area (TPSA) is 84.5 Å². The molecule has 0 aliphatic rings. The molecule has 2 N–H and O–H groups in total. The lowest BCUT2D eigenvalue weighted by Crippen LogP contribution is -2.41. The van der Waals surface area contributed by atoms with E-state index in [9.17, 15) is 14.4 Å². The minimum absolute atomic E-state index is 0.230. The molecule has 136 valence electrons. The van der Waals surface area contributed by atoms with E-state index in [2.05, 4.69) is 10.6 Å². The van der Waals surface area contributed by atoms with Crippen molar-refractivity contribution in [3.05, 3.63) is 66.2 Å². The van der Waals surface area contributed by atoms with Gasteiger partial charge in [-0.25, -0.2) is 0 Å². The summed E-state index contributed by atoms with van der Waals surface area (Å²) in [7, 11) is 0. The van der Waals surface area contributed by atoms with Gasteiger partial charge < -0.3 is 15.4 Å². The van der Waals surface area contributed by atoms with Gasteiger partial charge in [0.15, 0.2) is 0 Å². The summed E-state index contributed by atoms with van der Waals surface area (Å²) in [6, 6.07) is 18.2. The first-order chi connectivity index (χ1) is 12.6. The smallest absolute Gasteiger partial charge is 0.325 e. The Labute approximate surface area is 152 Å². The maximum Gasteiger partial charge on any atom is 0.325 e. The minimum atomic E-state index is -0.966. The molecule has 2 amide bonds. The van der Waals surface area contributed by atoms with Crippen LogP contribution in [0, 0.1) is 5.92 Å². The van der Waals surface area contributed by atoms with Crippen LogP contribution in [-0.2, 0) is 25.5 Å². The Balaban J connectivity index is 2.08. The molecule has 2 aromatic carbocycles. The van der Waals surface area contributed by atoms with E-state index in [1.165, 1.54) is 0 Å². The molecule has 6 nitrogen and oxygen atoms in total. The van der Waals surface area contributed by atoms with Crippen molar-refractivity contribution >= 4 is 23.5 Å². The number of nitrogens with one attached hydrogen (secondary N) is 2. The van der Waals surface area contributed by atoms with Crippen LogP contribution in [0.25, 0.3) is 0 Å². The van der Waals surface area contributed by atoms with Gasteiger partial charge in [-0.15, -0.1) is 0 Å². The molecule has 0 spiro atoms. The Morgan fingerprint density at radius 1 is 0.923 bits per heavy atom. The molecule has 0 radical (unpaired) electrons. The van der Waals surface area contributed by atoms with Crippen molar-refractivity contribution in [2.24, 2.45) is 5.92 Å². The van der Waals surface area contributed by atoms with Crippen molar-refractivity contribution in [3.8, 4) is 0 Å². The quantitative estimate of drug-likeness (QED) is 0.562. The number of amides is 2. The molecule has 0 saturated heterocycles. The van der Waals surface area contributed by atoms with Crippen molar-refractivity contribution in [2.75, 3.05) is 18.5 Å². The van der Waals surface area contributed by atoms with Gasteiger partial charge in [0, 0.05) is 5.69 Å². The van der Waals surface area contributed by atoms with E-state index in [-0.39, 0.29) is 19.6 Å². The number of para-hydroxylation sites is 1. The first-order valence-electron chi connectivity index (χ1n) is 8.43. The minimum Gasteiger partial charge on any atom is -0.465 e. The molecule has 0 bridgehead atoms. The van der Waals surface area contributed by atoms with Crippen LogP contribution in [0.15, 0.2) is 60.7 Å². The molecule has 1 unspecified atom stereocenters. The predicted octanol–water partition coefficient (Wildman–Crippen LogP) is 2.16. The average molecular weight is 354 g/mol. The fourth-order valence-corrected chi connectivity index (χ4v) is 2.40.